The summed E-state index contributed by atoms with van der Waals surface area (Å²) in [6.45, 7) is 9.33. The van der Waals surface area contributed by atoms with Crippen LogP contribution in [0, 0.1) is 29.1 Å². The zero-order chi connectivity index (χ0) is 41.9. The molecular weight excluding hydrogens is 733 g/mol. The van der Waals surface area contributed by atoms with Crippen molar-refractivity contribution in [2.24, 2.45) is 34.2 Å². The van der Waals surface area contributed by atoms with E-state index in [9.17, 15) is 20.2 Å². The summed E-state index contributed by atoms with van der Waals surface area (Å²) < 4.78 is 6.13. The molecule has 9 atom stereocenters. The SMILES string of the molecule is COc1c(CN2O[C@@H](CN=[N+]=[N-])[C@@H]([C@H](C)O)[C@H]2C(=O)N[C@H]2C[C@H]3C[C@@H]([C@@H]2C)C3(C)C)cccc1-c1cc(C(=O)N[C@@H](Cc2ccccc2)CN(C)C)cc(N(C)C)c1. The number of nitrogens with zero attached hydrogens (tertiary/aromatic N) is 6. The van der Waals surface area contributed by atoms with Crippen LogP contribution < -0.4 is 20.3 Å². The Labute approximate surface area is 343 Å². The van der Waals surface area contributed by atoms with Crippen molar-refractivity contribution < 1.29 is 24.3 Å². The zero-order valence-electron chi connectivity index (χ0n) is 35.6. The number of nitrogens with one attached hydrogen (secondary N) is 2. The van der Waals surface area contributed by atoms with Crippen LogP contribution in [0.25, 0.3) is 21.6 Å². The molecule has 1 aliphatic heterocycles. The number of anilines is 1. The van der Waals surface area contributed by atoms with Gasteiger partial charge < -0.3 is 30.3 Å². The second-order valence-corrected chi connectivity index (χ2v) is 17.7. The number of methoxy groups -OCH3 is 1. The number of hydrogen-bond donors (Lipinski definition) is 3. The highest BCUT2D eigenvalue weighted by atomic mass is 16.7. The highest BCUT2D eigenvalue weighted by Gasteiger charge is 2.57. The summed E-state index contributed by atoms with van der Waals surface area (Å²) in [5, 5.41) is 23.2. The number of likely N-dealkylation sites (N-methyl/N-ethyl adjacent to an activating group) is 1. The molecule has 3 aromatic carbocycles. The maximum atomic E-state index is 14.4. The Morgan fingerprint density at radius 2 is 1.83 bits per heavy atom. The van der Waals surface area contributed by atoms with Gasteiger partial charge in [0.1, 0.15) is 11.8 Å². The summed E-state index contributed by atoms with van der Waals surface area (Å²) in [7, 11) is 9.49. The molecule has 2 bridgehead atoms. The van der Waals surface area contributed by atoms with Crippen molar-refractivity contribution in [2.75, 3.05) is 53.3 Å². The molecule has 4 fully saturated rings. The van der Waals surface area contributed by atoms with Gasteiger partial charge in [-0.1, -0.05) is 74.4 Å². The topological polar surface area (TPSA) is 155 Å². The minimum absolute atomic E-state index is 0.0155. The molecule has 2 amide bonds. The molecule has 3 aliphatic carbocycles. The van der Waals surface area contributed by atoms with Gasteiger partial charge in [-0.15, -0.1) is 0 Å². The molecule has 3 N–H and O–H groups in total. The number of carbonyl (C=O) groups is 2. The lowest BCUT2D eigenvalue weighted by atomic mass is 9.45. The predicted octanol–water partition coefficient (Wildman–Crippen LogP) is 6.31. The van der Waals surface area contributed by atoms with E-state index in [-0.39, 0.29) is 42.4 Å². The molecule has 7 rings (SSSR count). The van der Waals surface area contributed by atoms with Gasteiger partial charge in [0.15, 0.2) is 0 Å². The summed E-state index contributed by atoms with van der Waals surface area (Å²) in [6.07, 6.45) is 1.16. The summed E-state index contributed by atoms with van der Waals surface area (Å²) >= 11 is 0. The fourth-order valence-electron chi connectivity index (χ4n) is 9.87. The number of amides is 2. The lowest BCUT2D eigenvalue weighted by Crippen LogP contribution is -2.62. The molecule has 1 heterocycles. The Bertz CT molecular complexity index is 1970. The number of hydroxylamine groups is 2. The van der Waals surface area contributed by atoms with Crippen molar-refractivity contribution in [3.63, 3.8) is 0 Å². The third-order valence-electron chi connectivity index (χ3n) is 13.1. The Balaban J connectivity index is 1.30. The van der Waals surface area contributed by atoms with Gasteiger partial charge in [0.05, 0.1) is 32.4 Å². The van der Waals surface area contributed by atoms with Gasteiger partial charge in [0, 0.05) is 65.9 Å². The summed E-state index contributed by atoms with van der Waals surface area (Å²) in [5.41, 5.74) is 14.3. The maximum Gasteiger partial charge on any atom is 0.251 e. The zero-order valence-corrected chi connectivity index (χ0v) is 35.6. The van der Waals surface area contributed by atoms with Crippen LogP contribution in [0.3, 0.4) is 0 Å². The number of carbonyl (C=O) groups excluding carboxylic acids is 2. The largest absolute Gasteiger partial charge is 0.496 e. The van der Waals surface area contributed by atoms with Gasteiger partial charge >= 0.3 is 0 Å². The fraction of sp³-hybridized carbons (Fsp3) is 0.556. The molecular formula is C45H62N8O5. The number of azide groups is 1. The van der Waals surface area contributed by atoms with Gasteiger partial charge in [-0.05, 0) is 98.3 Å². The molecule has 0 spiro atoms. The Kier molecular flexibility index (Phi) is 13.4. The predicted molar refractivity (Wildman–Crippen MR) is 227 cm³/mol. The molecule has 58 heavy (non-hydrogen) atoms. The van der Waals surface area contributed by atoms with E-state index >= 15 is 0 Å². The molecule has 3 aromatic rings. The molecule has 1 saturated heterocycles. The first-order valence-electron chi connectivity index (χ1n) is 20.5. The third-order valence-corrected chi connectivity index (χ3v) is 13.1. The van der Waals surface area contributed by atoms with Crippen molar-refractivity contribution in [3.8, 4) is 16.9 Å². The standard InChI is InChI=1S/C45H62N8O5/c1-27-37-22-33(45(37,3)4)23-38(27)49-44(56)41-40(28(2)54)39(24-47-50-46)58-53(41)25-30-16-13-17-36(42(30)57-9)31-19-32(21-35(20-31)52(7)8)43(55)48-34(26-51(5)6)18-29-14-11-10-12-15-29/h10-17,19-21,27-28,33-34,37-41,54H,18,22-26H2,1-9H3,(H,48,55)(H,49,56)/t27-,28-,33+,34-,37-,38-,39-,40+,41-/m0/s1. The number of ether oxygens (including phenoxy) is 1. The van der Waals surface area contributed by atoms with Crippen LogP contribution in [0.2, 0.25) is 0 Å². The maximum absolute atomic E-state index is 14.4. The van der Waals surface area contributed by atoms with E-state index in [1.807, 2.05) is 87.7 Å². The van der Waals surface area contributed by atoms with Gasteiger partial charge in [0.25, 0.3) is 5.91 Å². The van der Waals surface area contributed by atoms with Crippen molar-refractivity contribution in [1.29, 1.82) is 0 Å². The first kappa shape index (κ1) is 42.9. The number of para-hydroxylation sites is 1. The molecule has 4 aliphatic rings. The molecule has 0 radical (unpaired) electrons. The highest BCUT2D eigenvalue weighted by molar-refractivity contribution is 5.97. The first-order chi connectivity index (χ1) is 27.6. The van der Waals surface area contributed by atoms with E-state index < -0.39 is 24.2 Å². The number of fused-ring (bicyclic) bond motifs is 2. The Hall–Kier alpha value is -4.65. The monoisotopic (exact) mass is 794 g/mol. The van der Waals surface area contributed by atoms with Crippen LogP contribution in [0.1, 0.15) is 62.0 Å². The summed E-state index contributed by atoms with van der Waals surface area (Å²) in [4.78, 5) is 41.9. The quantitative estimate of drug-likeness (QED) is 0.0867. The Morgan fingerprint density at radius 3 is 2.45 bits per heavy atom. The summed E-state index contributed by atoms with van der Waals surface area (Å²) in [6, 6.07) is 20.8. The minimum atomic E-state index is -0.924. The second-order valence-electron chi connectivity index (χ2n) is 17.7. The van der Waals surface area contributed by atoms with Crippen LogP contribution in [0.5, 0.6) is 5.75 Å². The number of hydrogen-bond acceptors (Lipinski definition) is 9. The van der Waals surface area contributed by atoms with Crippen molar-refractivity contribution in [2.45, 2.75) is 83.8 Å². The average molecular weight is 795 g/mol. The van der Waals surface area contributed by atoms with Crippen LogP contribution in [0.4, 0.5) is 5.69 Å². The van der Waals surface area contributed by atoms with E-state index in [4.69, 9.17) is 9.57 Å². The van der Waals surface area contributed by atoms with E-state index in [0.29, 0.717) is 42.0 Å². The van der Waals surface area contributed by atoms with Gasteiger partial charge in [-0.3, -0.25) is 14.4 Å². The second kappa shape index (κ2) is 18.1. The molecule has 312 valence electrons. The van der Waals surface area contributed by atoms with E-state index in [0.717, 1.165) is 34.4 Å². The van der Waals surface area contributed by atoms with E-state index in [1.165, 1.54) is 6.42 Å². The van der Waals surface area contributed by atoms with Crippen LogP contribution in [-0.2, 0) is 22.6 Å². The molecule has 0 aromatic heterocycles. The normalized spacial score (nSPS) is 25.9. The number of rotatable bonds is 16. The fourth-order valence-corrected chi connectivity index (χ4v) is 9.87. The first-order valence-corrected chi connectivity index (χ1v) is 20.5. The minimum Gasteiger partial charge on any atom is -0.496 e. The van der Waals surface area contributed by atoms with Gasteiger partial charge in [-0.25, -0.2) is 0 Å². The third kappa shape index (κ3) is 9.14. The summed E-state index contributed by atoms with van der Waals surface area (Å²) in [5.74, 6) is 0.931. The van der Waals surface area contributed by atoms with Crippen molar-refractivity contribution in [3.05, 3.63) is 93.9 Å². The Morgan fingerprint density at radius 1 is 1.09 bits per heavy atom. The van der Waals surface area contributed by atoms with Crippen molar-refractivity contribution in [1.82, 2.24) is 20.6 Å². The molecule has 0 unspecified atom stereocenters. The number of aliphatic hydroxyl groups is 1. The molecule has 13 heteroatoms. The highest BCUT2D eigenvalue weighted by Crippen LogP contribution is 2.61. The van der Waals surface area contributed by atoms with Gasteiger partial charge in [-0.2, -0.15) is 5.06 Å². The average Bonchev–Trinajstić information content (AvgIpc) is 3.55. The van der Waals surface area contributed by atoms with E-state index in [2.05, 4.69) is 58.5 Å². The molecule has 3 saturated carbocycles. The van der Waals surface area contributed by atoms with Crippen LogP contribution in [0.15, 0.2) is 71.8 Å². The smallest absolute Gasteiger partial charge is 0.251 e. The van der Waals surface area contributed by atoms with E-state index in [1.54, 1.807) is 19.1 Å². The van der Waals surface area contributed by atoms with Crippen LogP contribution in [-0.4, -0.2) is 106 Å². The lowest BCUT2D eigenvalue weighted by molar-refractivity contribution is -0.175. The molecule has 13 nitrogen and oxygen atoms in total. The lowest BCUT2D eigenvalue weighted by Gasteiger charge is -2.62. The van der Waals surface area contributed by atoms with Crippen LogP contribution >= 0.6 is 0 Å². The number of aliphatic hydroxyl groups excluding tert-OH is 1. The van der Waals surface area contributed by atoms with Gasteiger partial charge in [0.2, 0.25) is 5.91 Å². The number of benzene rings is 3. The van der Waals surface area contributed by atoms with Crippen molar-refractivity contribution >= 4 is 17.5 Å².